The predicted molar refractivity (Wildman–Crippen MR) is 68.8 cm³/mol. The smallest absolute Gasteiger partial charge is 0.249 e. The summed E-state index contributed by atoms with van der Waals surface area (Å²) < 4.78 is 0. The maximum atomic E-state index is 11.6. The summed E-state index contributed by atoms with van der Waals surface area (Å²) in [6, 6.07) is -0.550. The number of hydrogen-bond donors (Lipinski definition) is 3. The summed E-state index contributed by atoms with van der Waals surface area (Å²) in [6.45, 7) is 2.53. The second-order valence-corrected chi connectivity index (χ2v) is 4.27. The molecule has 1 atom stereocenters. The molecule has 1 saturated heterocycles. The molecule has 0 radical (unpaired) electrons. The topological polar surface area (TPSA) is 109 Å². The van der Waals surface area contributed by atoms with Gasteiger partial charge in [0.05, 0.1) is 0 Å². The van der Waals surface area contributed by atoms with Crippen LogP contribution in [0.3, 0.4) is 0 Å². The molecule has 0 aliphatic carbocycles. The van der Waals surface area contributed by atoms with E-state index in [0.717, 1.165) is 0 Å². The van der Waals surface area contributed by atoms with Gasteiger partial charge in [0.2, 0.25) is 29.0 Å². The van der Waals surface area contributed by atoms with Gasteiger partial charge in [0, 0.05) is 13.0 Å². The van der Waals surface area contributed by atoms with Gasteiger partial charge in [-0.2, -0.15) is 15.0 Å². The van der Waals surface area contributed by atoms with Gasteiger partial charge >= 0.3 is 0 Å². The molecule has 0 bridgehead atoms. The van der Waals surface area contributed by atoms with Crippen LogP contribution < -0.4 is 16.0 Å². The lowest BCUT2D eigenvalue weighted by molar-refractivity contribution is -0.133. The van der Waals surface area contributed by atoms with E-state index in [1.165, 1.54) is 0 Å². The quantitative estimate of drug-likeness (QED) is 0.676. The van der Waals surface area contributed by atoms with Crippen molar-refractivity contribution in [2.24, 2.45) is 0 Å². The van der Waals surface area contributed by atoms with Crippen molar-refractivity contribution in [2.45, 2.75) is 25.8 Å². The molecule has 0 aromatic carbocycles. The average Bonchev–Trinajstić information content (AvgIpc) is 2.32. The first kappa shape index (κ1) is 13.5. The zero-order chi connectivity index (χ0) is 13.8. The van der Waals surface area contributed by atoms with E-state index in [-0.39, 0.29) is 23.6 Å². The van der Waals surface area contributed by atoms with E-state index >= 15 is 0 Å². The van der Waals surface area contributed by atoms with E-state index in [1.807, 2.05) is 6.92 Å². The molecule has 1 aromatic heterocycles. The minimum Gasteiger partial charge on any atom is -0.354 e. The molecule has 1 aliphatic heterocycles. The fraction of sp³-hybridized carbons (Fsp3) is 0.500. The fourth-order valence-electron chi connectivity index (χ4n) is 1.64. The van der Waals surface area contributed by atoms with Crippen molar-refractivity contribution in [3.8, 4) is 0 Å². The Balaban J connectivity index is 2.10. The summed E-state index contributed by atoms with van der Waals surface area (Å²) in [5, 5.41) is 8.02. The highest BCUT2D eigenvalue weighted by atomic mass is 35.5. The van der Waals surface area contributed by atoms with Gasteiger partial charge in [-0.3, -0.25) is 14.9 Å². The third-order valence-corrected chi connectivity index (χ3v) is 2.65. The summed E-state index contributed by atoms with van der Waals surface area (Å²) in [5.74, 6) is -0.134. The SMILES string of the molecule is CCNc1nc(Cl)nc(NC2CCC(=O)NC2=O)n1. The van der Waals surface area contributed by atoms with Crippen molar-refractivity contribution >= 4 is 35.3 Å². The molecular formula is C10H13ClN6O2. The van der Waals surface area contributed by atoms with Crippen LogP contribution in [0.2, 0.25) is 5.28 Å². The van der Waals surface area contributed by atoms with Crippen LogP contribution in [-0.2, 0) is 9.59 Å². The lowest BCUT2D eigenvalue weighted by Crippen LogP contribution is -2.47. The number of rotatable bonds is 4. The molecule has 0 spiro atoms. The van der Waals surface area contributed by atoms with Gasteiger partial charge in [-0.25, -0.2) is 0 Å². The largest absolute Gasteiger partial charge is 0.354 e. The maximum Gasteiger partial charge on any atom is 0.249 e. The average molecular weight is 285 g/mol. The molecule has 2 heterocycles. The Kier molecular flexibility index (Phi) is 4.10. The highest BCUT2D eigenvalue weighted by Crippen LogP contribution is 2.13. The van der Waals surface area contributed by atoms with Crippen LogP contribution in [0.25, 0.3) is 0 Å². The van der Waals surface area contributed by atoms with Gasteiger partial charge in [0.25, 0.3) is 0 Å². The van der Waals surface area contributed by atoms with Crippen molar-refractivity contribution in [3.05, 3.63) is 5.28 Å². The molecule has 9 heteroatoms. The third-order valence-electron chi connectivity index (χ3n) is 2.49. The third kappa shape index (κ3) is 3.50. The number of hydrogen-bond acceptors (Lipinski definition) is 7. The van der Waals surface area contributed by atoms with Crippen LogP contribution in [0.4, 0.5) is 11.9 Å². The second kappa shape index (κ2) is 5.79. The maximum absolute atomic E-state index is 11.6. The predicted octanol–water partition coefficient (Wildman–Crippen LogP) is 0.174. The number of anilines is 2. The van der Waals surface area contributed by atoms with E-state index in [1.54, 1.807) is 0 Å². The van der Waals surface area contributed by atoms with Crippen molar-refractivity contribution in [1.82, 2.24) is 20.3 Å². The molecule has 1 fully saturated rings. The number of piperidine rings is 1. The van der Waals surface area contributed by atoms with Crippen molar-refractivity contribution in [3.63, 3.8) is 0 Å². The molecule has 1 aromatic rings. The first-order valence-electron chi connectivity index (χ1n) is 5.84. The number of aromatic nitrogens is 3. The summed E-state index contributed by atoms with van der Waals surface area (Å²) in [5.41, 5.74) is 0. The Morgan fingerprint density at radius 1 is 1.32 bits per heavy atom. The van der Waals surface area contributed by atoms with E-state index in [0.29, 0.717) is 18.9 Å². The molecule has 1 aliphatic rings. The zero-order valence-corrected chi connectivity index (χ0v) is 11.0. The number of nitrogens with one attached hydrogen (secondary N) is 3. The molecule has 2 rings (SSSR count). The van der Waals surface area contributed by atoms with Gasteiger partial charge in [-0.05, 0) is 24.9 Å². The molecular weight excluding hydrogens is 272 g/mol. The van der Waals surface area contributed by atoms with Gasteiger partial charge in [0.15, 0.2) is 0 Å². The Morgan fingerprint density at radius 2 is 2.05 bits per heavy atom. The monoisotopic (exact) mass is 284 g/mol. The molecule has 1 unspecified atom stereocenters. The van der Waals surface area contributed by atoms with Crippen molar-refractivity contribution in [1.29, 1.82) is 0 Å². The van der Waals surface area contributed by atoms with Gasteiger partial charge in [-0.1, -0.05) is 0 Å². The Morgan fingerprint density at radius 3 is 2.74 bits per heavy atom. The number of amides is 2. The van der Waals surface area contributed by atoms with Crippen LogP contribution in [-0.4, -0.2) is 39.4 Å². The van der Waals surface area contributed by atoms with Gasteiger partial charge in [0.1, 0.15) is 6.04 Å². The minimum atomic E-state index is -0.550. The highest BCUT2D eigenvalue weighted by molar-refractivity contribution is 6.28. The molecule has 102 valence electrons. The lowest BCUT2D eigenvalue weighted by atomic mass is 10.1. The zero-order valence-electron chi connectivity index (χ0n) is 10.2. The Labute approximate surface area is 114 Å². The number of nitrogens with zero attached hydrogens (tertiary/aromatic N) is 3. The molecule has 3 N–H and O–H groups in total. The number of imide groups is 1. The minimum absolute atomic E-state index is 0.0285. The number of carbonyl (C=O) groups is 2. The lowest BCUT2D eigenvalue weighted by Gasteiger charge is -2.21. The normalized spacial score (nSPS) is 18.9. The van der Waals surface area contributed by atoms with Gasteiger partial charge < -0.3 is 10.6 Å². The number of halogens is 1. The van der Waals surface area contributed by atoms with E-state index in [9.17, 15) is 9.59 Å². The fourth-order valence-corrected chi connectivity index (χ4v) is 1.80. The standard InChI is InChI=1S/C10H13ClN6O2/c1-2-12-9-15-8(11)16-10(17-9)13-5-3-4-6(18)14-7(5)19/h5H,2-4H2,1H3,(H,14,18,19)(H2,12,13,15,16,17). The Bertz CT molecular complexity index is 509. The van der Waals surface area contributed by atoms with Crippen LogP contribution in [0.1, 0.15) is 19.8 Å². The van der Waals surface area contributed by atoms with Gasteiger partial charge in [-0.15, -0.1) is 0 Å². The van der Waals surface area contributed by atoms with Crippen molar-refractivity contribution in [2.75, 3.05) is 17.2 Å². The van der Waals surface area contributed by atoms with Crippen LogP contribution in [0, 0.1) is 0 Å². The summed E-state index contributed by atoms with van der Waals surface area (Å²) in [6.07, 6.45) is 0.673. The first-order valence-corrected chi connectivity index (χ1v) is 6.22. The second-order valence-electron chi connectivity index (χ2n) is 3.93. The molecule has 19 heavy (non-hydrogen) atoms. The van der Waals surface area contributed by atoms with Crippen LogP contribution >= 0.6 is 11.6 Å². The van der Waals surface area contributed by atoms with Crippen LogP contribution in [0.15, 0.2) is 0 Å². The Hall–Kier alpha value is -1.96. The first-order chi connectivity index (χ1) is 9.08. The highest BCUT2D eigenvalue weighted by Gasteiger charge is 2.27. The molecule has 8 nitrogen and oxygen atoms in total. The van der Waals surface area contributed by atoms with Crippen LogP contribution in [0.5, 0.6) is 0 Å². The van der Waals surface area contributed by atoms with E-state index < -0.39 is 11.9 Å². The summed E-state index contributed by atoms with van der Waals surface area (Å²) >= 11 is 5.77. The van der Waals surface area contributed by atoms with E-state index in [4.69, 9.17) is 11.6 Å². The van der Waals surface area contributed by atoms with E-state index in [2.05, 4.69) is 30.9 Å². The molecule has 0 saturated carbocycles. The summed E-state index contributed by atoms with van der Waals surface area (Å²) in [4.78, 5) is 34.5. The summed E-state index contributed by atoms with van der Waals surface area (Å²) in [7, 11) is 0. The van der Waals surface area contributed by atoms with Crippen molar-refractivity contribution < 1.29 is 9.59 Å². The number of carbonyl (C=O) groups excluding carboxylic acids is 2. The molecule has 2 amide bonds.